The van der Waals surface area contributed by atoms with Crippen molar-refractivity contribution in [3.8, 4) is 6.01 Å². The van der Waals surface area contributed by atoms with E-state index >= 15 is 0 Å². The number of nitrogens with one attached hydrogen (secondary N) is 2. The summed E-state index contributed by atoms with van der Waals surface area (Å²) in [6.07, 6.45) is -0.00711. The molecule has 1 heterocycles. The lowest BCUT2D eigenvalue weighted by atomic mass is 10.5. The van der Waals surface area contributed by atoms with Crippen molar-refractivity contribution in [1.29, 1.82) is 0 Å². The minimum atomic E-state index is -0.804. The molecule has 1 atom stereocenters. The topological polar surface area (TPSA) is 89.0 Å². The SMILES string of the molecule is CCNc1nc(NCCS(=O)CC)nc(OC(C)C)n1. The highest BCUT2D eigenvalue weighted by molar-refractivity contribution is 7.84. The number of nitrogens with zero attached hydrogens (tertiary/aromatic N) is 3. The van der Waals surface area contributed by atoms with Crippen LogP contribution in [0.5, 0.6) is 6.01 Å². The molecular formula is C12H23N5O2S. The van der Waals surface area contributed by atoms with Crippen molar-refractivity contribution in [2.45, 2.75) is 33.8 Å². The largest absolute Gasteiger partial charge is 0.461 e. The Kier molecular flexibility index (Phi) is 7.21. The van der Waals surface area contributed by atoms with Crippen LogP contribution < -0.4 is 15.4 Å². The van der Waals surface area contributed by atoms with Gasteiger partial charge in [-0.1, -0.05) is 6.92 Å². The third kappa shape index (κ3) is 6.14. The first-order chi connectivity index (χ1) is 9.55. The fraction of sp³-hybridized carbons (Fsp3) is 0.750. The molecule has 2 N–H and O–H groups in total. The quantitative estimate of drug-likeness (QED) is 0.710. The minimum Gasteiger partial charge on any atom is -0.461 e. The van der Waals surface area contributed by atoms with Gasteiger partial charge in [0.2, 0.25) is 11.9 Å². The molecule has 0 aliphatic heterocycles. The molecule has 0 amide bonds. The van der Waals surface area contributed by atoms with E-state index < -0.39 is 10.8 Å². The van der Waals surface area contributed by atoms with Crippen molar-refractivity contribution in [3.05, 3.63) is 0 Å². The number of anilines is 2. The van der Waals surface area contributed by atoms with Crippen molar-refractivity contribution >= 4 is 22.7 Å². The summed E-state index contributed by atoms with van der Waals surface area (Å²) in [5, 5.41) is 6.08. The van der Waals surface area contributed by atoms with Crippen LogP contribution >= 0.6 is 0 Å². The molecule has 1 aromatic rings. The van der Waals surface area contributed by atoms with Gasteiger partial charge in [0.05, 0.1) is 6.10 Å². The molecule has 0 saturated heterocycles. The zero-order valence-electron chi connectivity index (χ0n) is 12.5. The van der Waals surface area contributed by atoms with Crippen LogP contribution in [0.2, 0.25) is 0 Å². The Morgan fingerprint density at radius 3 is 2.35 bits per heavy atom. The van der Waals surface area contributed by atoms with Crippen LogP contribution in [0.4, 0.5) is 11.9 Å². The maximum absolute atomic E-state index is 11.4. The Bertz CT molecular complexity index is 442. The molecule has 0 fully saturated rings. The lowest BCUT2D eigenvalue weighted by Gasteiger charge is -2.11. The first kappa shape index (κ1) is 16.6. The van der Waals surface area contributed by atoms with Crippen molar-refractivity contribution in [3.63, 3.8) is 0 Å². The monoisotopic (exact) mass is 301 g/mol. The van der Waals surface area contributed by atoms with E-state index in [9.17, 15) is 4.21 Å². The summed E-state index contributed by atoms with van der Waals surface area (Å²) in [6.45, 7) is 8.95. The summed E-state index contributed by atoms with van der Waals surface area (Å²) < 4.78 is 16.9. The van der Waals surface area contributed by atoms with Gasteiger partial charge in [-0.3, -0.25) is 4.21 Å². The molecule has 1 aromatic heterocycles. The van der Waals surface area contributed by atoms with Gasteiger partial charge in [-0.2, -0.15) is 15.0 Å². The summed E-state index contributed by atoms with van der Waals surface area (Å²) in [4.78, 5) is 12.6. The predicted molar refractivity (Wildman–Crippen MR) is 81.8 cm³/mol. The highest BCUT2D eigenvalue weighted by Crippen LogP contribution is 2.12. The van der Waals surface area contributed by atoms with Gasteiger partial charge in [-0.15, -0.1) is 0 Å². The van der Waals surface area contributed by atoms with Crippen molar-refractivity contribution < 1.29 is 8.95 Å². The van der Waals surface area contributed by atoms with E-state index in [1.165, 1.54) is 0 Å². The zero-order valence-corrected chi connectivity index (χ0v) is 13.3. The summed E-state index contributed by atoms with van der Waals surface area (Å²) in [7, 11) is -0.804. The summed E-state index contributed by atoms with van der Waals surface area (Å²) in [6, 6.07) is 0.282. The second-order valence-electron chi connectivity index (χ2n) is 4.32. The second-order valence-corrected chi connectivity index (χ2v) is 6.19. The van der Waals surface area contributed by atoms with E-state index in [-0.39, 0.29) is 12.1 Å². The molecule has 7 nitrogen and oxygen atoms in total. The van der Waals surface area contributed by atoms with Gasteiger partial charge in [0.1, 0.15) is 0 Å². The van der Waals surface area contributed by atoms with Crippen molar-refractivity contribution in [2.24, 2.45) is 0 Å². The van der Waals surface area contributed by atoms with Crippen LogP contribution in [0.1, 0.15) is 27.7 Å². The average Bonchev–Trinajstić information content (AvgIpc) is 2.37. The number of hydrogen-bond donors (Lipinski definition) is 2. The standard InChI is InChI=1S/C12H23N5O2S/c1-5-13-10-15-11(14-7-8-20(18)6-2)17-12(16-10)19-9(3)4/h9H,5-8H2,1-4H3,(H2,13,14,15,16,17). The minimum absolute atomic E-state index is 0.00711. The molecule has 0 aromatic carbocycles. The van der Waals surface area contributed by atoms with E-state index in [0.717, 1.165) is 0 Å². The van der Waals surface area contributed by atoms with Crippen molar-refractivity contribution in [1.82, 2.24) is 15.0 Å². The normalized spacial score (nSPS) is 12.2. The molecule has 114 valence electrons. The van der Waals surface area contributed by atoms with Crippen molar-refractivity contribution in [2.75, 3.05) is 35.2 Å². The molecule has 20 heavy (non-hydrogen) atoms. The van der Waals surface area contributed by atoms with Crippen LogP contribution in [-0.4, -0.2) is 49.9 Å². The Morgan fingerprint density at radius 2 is 1.80 bits per heavy atom. The number of hydrogen-bond acceptors (Lipinski definition) is 7. The Labute approximate surface area is 122 Å². The van der Waals surface area contributed by atoms with Crippen LogP contribution in [0, 0.1) is 0 Å². The third-order valence-electron chi connectivity index (χ3n) is 2.23. The summed E-state index contributed by atoms with van der Waals surface area (Å²) in [5.41, 5.74) is 0. The van der Waals surface area contributed by atoms with Gasteiger partial charge in [-0.25, -0.2) is 0 Å². The first-order valence-electron chi connectivity index (χ1n) is 6.80. The Morgan fingerprint density at radius 1 is 1.15 bits per heavy atom. The molecule has 0 aliphatic carbocycles. The van der Waals surface area contributed by atoms with E-state index in [1.54, 1.807) is 0 Å². The lowest BCUT2D eigenvalue weighted by molar-refractivity contribution is 0.222. The van der Waals surface area contributed by atoms with Crippen LogP contribution in [0.25, 0.3) is 0 Å². The molecular weight excluding hydrogens is 278 g/mol. The van der Waals surface area contributed by atoms with Gasteiger partial charge in [0.15, 0.2) is 0 Å². The number of aromatic nitrogens is 3. The van der Waals surface area contributed by atoms with E-state index in [0.29, 0.717) is 36.5 Å². The van der Waals surface area contributed by atoms with Gasteiger partial charge < -0.3 is 15.4 Å². The lowest BCUT2D eigenvalue weighted by Crippen LogP contribution is -2.17. The smallest absolute Gasteiger partial charge is 0.323 e. The molecule has 0 radical (unpaired) electrons. The average molecular weight is 301 g/mol. The second kappa shape index (κ2) is 8.68. The highest BCUT2D eigenvalue weighted by atomic mass is 32.2. The summed E-state index contributed by atoms with van der Waals surface area (Å²) >= 11 is 0. The van der Waals surface area contributed by atoms with E-state index in [4.69, 9.17) is 4.74 Å². The number of rotatable bonds is 9. The molecule has 0 saturated carbocycles. The molecule has 0 bridgehead atoms. The highest BCUT2D eigenvalue weighted by Gasteiger charge is 2.08. The summed E-state index contributed by atoms with van der Waals surface area (Å²) in [5.74, 6) is 2.12. The molecule has 1 rings (SSSR count). The van der Waals surface area contributed by atoms with E-state index in [2.05, 4.69) is 25.6 Å². The molecule has 8 heteroatoms. The van der Waals surface area contributed by atoms with Crippen LogP contribution in [-0.2, 0) is 10.8 Å². The zero-order chi connectivity index (χ0) is 15.0. The maximum Gasteiger partial charge on any atom is 0.323 e. The number of ether oxygens (including phenoxy) is 1. The predicted octanol–water partition coefficient (Wildman–Crippen LogP) is 1.27. The molecule has 0 aliphatic rings. The van der Waals surface area contributed by atoms with Gasteiger partial charge in [0.25, 0.3) is 0 Å². The Hall–Kier alpha value is -1.44. The van der Waals surface area contributed by atoms with Crippen LogP contribution in [0.3, 0.4) is 0 Å². The van der Waals surface area contributed by atoms with E-state index in [1.807, 2.05) is 27.7 Å². The third-order valence-corrected chi connectivity index (χ3v) is 3.53. The Balaban J connectivity index is 2.72. The molecule has 1 unspecified atom stereocenters. The fourth-order valence-electron chi connectivity index (χ4n) is 1.36. The molecule has 0 spiro atoms. The van der Waals surface area contributed by atoms with Crippen LogP contribution in [0.15, 0.2) is 0 Å². The maximum atomic E-state index is 11.4. The first-order valence-corrected chi connectivity index (χ1v) is 8.29. The van der Waals surface area contributed by atoms with Gasteiger partial charge >= 0.3 is 6.01 Å². The van der Waals surface area contributed by atoms with Gasteiger partial charge in [0, 0.05) is 35.4 Å². The van der Waals surface area contributed by atoms with Gasteiger partial charge in [-0.05, 0) is 20.8 Å². The fourth-order valence-corrected chi connectivity index (χ4v) is 1.98.